The van der Waals surface area contributed by atoms with Gasteiger partial charge in [0.1, 0.15) is 36.6 Å². The molecule has 6 aromatic rings. The summed E-state index contributed by atoms with van der Waals surface area (Å²) in [5.41, 5.74) is 0.891. The molecule has 2 atom stereocenters. The number of carbonyl (C=O) groups excluding carboxylic acids is 5. The SMILES string of the molecule is CN(CCN1CCC(OC(=O)Nc2ccccc2-c2ccccc2)CC1)C(=O)CCCCCN(C)c1ccc(C(=O)N(C)CCCN(C)C(=O)CO[C@H]2Cc3ccccc3C23CCN(CC[C@]2(c4ccc(F)cc4)CN(C(=O)c4cc(C(F)(F)F)cc(C(F)(F)F)c4)CO2)CC3)nc1. The minimum absolute atomic E-state index is 0.0294. The van der Waals surface area contributed by atoms with Crippen LogP contribution in [0.1, 0.15) is 113 Å². The molecule has 1 aliphatic carbocycles. The minimum atomic E-state index is -5.15. The predicted molar refractivity (Wildman–Crippen MR) is 358 cm³/mol. The van der Waals surface area contributed by atoms with Crippen LogP contribution in [0.5, 0.6) is 0 Å². The van der Waals surface area contributed by atoms with Crippen LogP contribution in [-0.2, 0) is 53.6 Å². The average molecular weight is 1360 g/mol. The highest BCUT2D eigenvalue weighted by atomic mass is 19.4. The number of unbranched alkanes of at least 4 members (excludes halogenated alkanes) is 2. The van der Waals surface area contributed by atoms with E-state index in [-0.39, 0.29) is 55.6 Å². The number of nitrogens with one attached hydrogen (secondary N) is 1. The van der Waals surface area contributed by atoms with E-state index >= 15 is 0 Å². The molecule has 98 heavy (non-hydrogen) atoms. The van der Waals surface area contributed by atoms with Crippen LogP contribution in [0.3, 0.4) is 0 Å². The Morgan fingerprint density at radius 1 is 0.673 bits per heavy atom. The normalized spacial score (nSPS) is 18.1. The van der Waals surface area contributed by atoms with Crippen molar-refractivity contribution in [3.63, 3.8) is 0 Å². The first-order chi connectivity index (χ1) is 46.9. The molecule has 4 heterocycles. The number of carbonyl (C=O) groups is 5. The molecule has 0 saturated carbocycles. The number of nitrogens with zero attached hydrogens (tertiary/aromatic N) is 8. The van der Waals surface area contributed by atoms with Gasteiger partial charge < -0.3 is 48.5 Å². The third-order valence-corrected chi connectivity index (χ3v) is 19.8. The van der Waals surface area contributed by atoms with E-state index in [0.29, 0.717) is 100 Å². The molecule has 0 bridgehead atoms. The number of likely N-dealkylation sites (N-methyl/N-ethyl adjacent to an activating group) is 2. The fraction of sp³-hybridized carbons (Fsp3) is 0.459. The van der Waals surface area contributed by atoms with E-state index in [1.54, 1.807) is 41.1 Å². The topological polar surface area (TPSA) is 161 Å². The van der Waals surface area contributed by atoms with Crippen LogP contribution >= 0.6 is 0 Å². The van der Waals surface area contributed by atoms with E-state index in [2.05, 4.69) is 37.1 Å². The lowest BCUT2D eigenvalue weighted by atomic mass is 9.72. The number of benzene rings is 5. The summed E-state index contributed by atoms with van der Waals surface area (Å²) in [6.07, 6.45) is -2.44. The maximum absolute atomic E-state index is 14.2. The molecule has 3 fully saturated rings. The van der Waals surface area contributed by atoms with Crippen molar-refractivity contribution in [2.45, 2.75) is 106 Å². The highest BCUT2D eigenvalue weighted by molar-refractivity contribution is 5.95. The quantitative estimate of drug-likeness (QED) is 0.0405. The number of alkyl halides is 6. The van der Waals surface area contributed by atoms with Gasteiger partial charge in [0.05, 0.1) is 41.3 Å². The van der Waals surface area contributed by atoms with Crippen molar-refractivity contribution < 1.29 is 68.9 Å². The number of fused-ring (bicyclic) bond motifs is 2. The number of piperidine rings is 2. The highest BCUT2D eigenvalue weighted by Crippen LogP contribution is 2.49. The maximum atomic E-state index is 14.2. The third kappa shape index (κ3) is 18.1. The molecule has 1 spiro atoms. The summed E-state index contributed by atoms with van der Waals surface area (Å²) in [6, 6.07) is 35.5. The van der Waals surface area contributed by atoms with Gasteiger partial charge >= 0.3 is 18.4 Å². The summed E-state index contributed by atoms with van der Waals surface area (Å²) >= 11 is 0. The number of likely N-dealkylation sites (tertiary alicyclic amines) is 2. The number of hydrogen-bond donors (Lipinski definition) is 1. The van der Waals surface area contributed by atoms with Gasteiger partial charge in [-0.05, 0) is 142 Å². The first kappa shape index (κ1) is 72.3. The predicted octanol–water partition coefficient (Wildman–Crippen LogP) is 12.4. The maximum Gasteiger partial charge on any atom is 0.416 e. The van der Waals surface area contributed by atoms with Crippen molar-refractivity contribution in [3.05, 3.63) is 185 Å². The standard InChI is InChI=1S/C74H86F7N9O8/c1-84(34-14-6-9-22-66(91)86(3)42-43-88-37-29-60(30-38-88)98-70(95)83-63-21-13-11-19-61(63)52-16-7-5-8-17-52)59-27-28-64(82-48-59)69(94)87(4)36-15-35-85(2)67(92)49-96-65-46-53-18-10-12-20-62(53)71(65)31-39-89(40-32-71)41-33-72(55-23-25-58(75)26-24-55)50-90(51-97-72)68(93)54-44-56(73(76,77)78)47-57(45-54)74(79,80)81/h5,7-8,10-13,16-21,23-28,44-45,47-48,60,65H,6,9,14-15,22,29-43,46,49-51H2,1-4H3,(H,83,95)/t65-,72+/m0/s1. The molecule has 1 aromatic heterocycles. The zero-order valence-corrected chi connectivity index (χ0v) is 55.9. The van der Waals surface area contributed by atoms with Gasteiger partial charge in [-0.15, -0.1) is 0 Å². The lowest BCUT2D eigenvalue weighted by molar-refractivity contribution is -0.143. The van der Waals surface area contributed by atoms with Crippen LogP contribution in [0, 0.1) is 5.82 Å². The van der Waals surface area contributed by atoms with Crippen molar-refractivity contribution in [1.29, 1.82) is 0 Å². The van der Waals surface area contributed by atoms with Crippen molar-refractivity contribution in [2.24, 2.45) is 0 Å². The number of anilines is 2. The van der Waals surface area contributed by atoms with E-state index in [1.165, 1.54) is 24.3 Å². The summed E-state index contributed by atoms with van der Waals surface area (Å²) in [5.74, 6) is -1.95. The van der Waals surface area contributed by atoms with Gasteiger partial charge in [-0.25, -0.2) is 14.2 Å². The van der Waals surface area contributed by atoms with Gasteiger partial charge in [-0.1, -0.05) is 91.3 Å². The summed E-state index contributed by atoms with van der Waals surface area (Å²) < 4.78 is 116. The summed E-state index contributed by atoms with van der Waals surface area (Å²) in [7, 11) is 7.23. The molecule has 24 heteroatoms. The van der Waals surface area contributed by atoms with Crippen LogP contribution < -0.4 is 10.2 Å². The highest BCUT2D eigenvalue weighted by Gasteiger charge is 2.50. The molecule has 17 nitrogen and oxygen atoms in total. The lowest BCUT2D eigenvalue weighted by Gasteiger charge is -2.44. The second-order valence-corrected chi connectivity index (χ2v) is 26.3. The number of para-hydroxylation sites is 1. The molecule has 10 rings (SSSR count). The first-order valence-electron chi connectivity index (χ1n) is 33.5. The zero-order chi connectivity index (χ0) is 69.8. The molecule has 524 valence electrons. The van der Waals surface area contributed by atoms with E-state index in [0.717, 1.165) is 91.1 Å². The molecular weight excluding hydrogens is 1280 g/mol. The van der Waals surface area contributed by atoms with Gasteiger partial charge in [0.25, 0.3) is 11.8 Å². The fourth-order valence-corrected chi connectivity index (χ4v) is 13.8. The van der Waals surface area contributed by atoms with Crippen LogP contribution in [0.2, 0.25) is 0 Å². The van der Waals surface area contributed by atoms with Gasteiger partial charge in [0.2, 0.25) is 11.8 Å². The Morgan fingerprint density at radius 3 is 2.02 bits per heavy atom. The van der Waals surface area contributed by atoms with Crippen molar-refractivity contribution in [1.82, 2.24) is 34.4 Å². The van der Waals surface area contributed by atoms with Gasteiger partial charge in [0, 0.05) is 104 Å². The van der Waals surface area contributed by atoms with Crippen LogP contribution in [-0.4, -0.2) is 190 Å². The molecule has 3 saturated heterocycles. The third-order valence-electron chi connectivity index (χ3n) is 19.8. The van der Waals surface area contributed by atoms with Crippen LogP contribution in [0.4, 0.5) is 46.9 Å². The van der Waals surface area contributed by atoms with Gasteiger partial charge in [-0.3, -0.25) is 24.5 Å². The molecule has 0 unspecified atom stereocenters. The number of halogens is 7. The minimum Gasteiger partial charge on any atom is -0.446 e. The molecule has 3 aliphatic heterocycles. The Hall–Kier alpha value is -8.45. The zero-order valence-electron chi connectivity index (χ0n) is 55.9. The number of ether oxygens (including phenoxy) is 3. The van der Waals surface area contributed by atoms with Crippen molar-refractivity contribution in [3.8, 4) is 11.1 Å². The smallest absolute Gasteiger partial charge is 0.416 e. The fourth-order valence-electron chi connectivity index (χ4n) is 13.8. The second-order valence-electron chi connectivity index (χ2n) is 26.3. The molecule has 1 N–H and O–H groups in total. The number of pyridine rings is 1. The first-order valence-corrected chi connectivity index (χ1v) is 33.5. The monoisotopic (exact) mass is 1360 g/mol. The molecule has 4 aliphatic rings. The molecule has 5 amide bonds. The average Bonchev–Trinajstić information content (AvgIpc) is 1.58. The largest absolute Gasteiger partial charge is 0.446 e. The molecule has 5 aromatic carbocycles. The Bertz CT molecular complexity index is 3670. The Morgan fingerprint density at radius 2 is 1.33 bits per heavy atom. The second kappa shape index (κ2) is 32.0. The van der Waals surface area contributed by atoms with E-state index in [4.69, 9.17) is 14.2 Å². The Balaban J connectivity index is 0.610. The number of aromatic nitrogens is 1. The summed E-state index contributed by atoms with van der Waals surface area (Å²) in [6.45, 7) is 5.25. The van der Waals surface area contributed by atoms with Gasteiger partial charge in [-0.2, -0.15) is 26.3 Å². The Kier molecular flexibility index (Phi) is 23.6. The lowest BCUT2D eigenvalue weighted by Crippen LogP contribution is -2.50. The Labute approximate surface area is 567 Å². The van der Waals surface area contributed by atoms with Crippen LogP contribution in [0.15, 0.2) is 140 Å². The molecule has 0 radical (unpaired) electrons. The summed E-state index contributed by atoms with van der Waals surface area (Å²) in [5, 5.41) is 2.93. The number of hydrogen-bond acceptors (Lipinski definition) is 12. The van der Waals surface area contributed by atoms with E-state index < -0.39 is 64.6 Å². The van der Waals surface area contributed by atoms with Crippen LogP contribution in [0.25, 0.3) is 11.1 Å². The summed E-state index contributed by atoms with van der Waals surface area (Å²) in [4.78, 5) is 84.0. The van der Waals surface area contributed by atoms with E-state index in [1.807, 2.05) is 86.9 Å². The molecular formula is C74H86F7N9O8. The van der Waals surface area contributed by atoms with Crippen molar-refractivity contribution in [2.75, 3.05) is 124 Å². The van der Waals surface area contributed by atoms with E-state index in [9.17, 15) is 54.7 Å². The van der Waals surface area contributed by atoms with Crippen molar-refractivity contribution >= 4 is 41.1 Å². The van der Waals surface area contributed by atoms with Gasteiger partial charge in [0.15, 0.2) is 0 Å². The number of amides is 5. The number of rotatable bonds is 26.